The fourth-order valence-electron chi connectivity index (χ4n) is 4.53. The number of fused-ring (bicyclic) bond motifs is 2. The maximum Gasteiger partial charge on any atom is 0.295 e. The zero-order valence-corrected chi connectivity index (χ0v) is 20.6. The molecule has 2 heterocycles. The van der Waals surface area contributed by atoms with Crippen LogP contribution in [0.25, 0.3) is 11.0 Å². The van der Waals surface area contributed by atoms with E-state index >= 15 is 0 Å². The first kappa shape index (κ1) is 23.0. The Morgan fingerprint density at radius 2 is 1.71 bits per heavy atom. The molecule has 6 nitrogen and oxygen atoms in total. The van der Waals surface area contributed by atoms with E-state index in [1.165, 1.54) is 7.11 Å². The maximum absolute atomic E-state index is 13.8. The van der Waals surface area contributed by atoms with E-state index in [2.05, 4.69) is 0 Å². The minimum Gasteiger partial charge on any atom is -0.495 e. The van der Waals surface area contributed by atoms with Crippen LogP contribution in [0.1, 0.15) is 45.8 Å². The summed E-state index contributed by atoms with van der Waals surface area (Å²) in [6.45, 7) is 6.34. The first-order chi connectivity index (χ1) is 16.8. The number of aryl methyl sites for hydroxylation is 2. The van der Waals surface area contributed by atoms with Crippen LogP contribution >= 0.6 is 11.6 Å². The van der Waals surface area contributed by atoms with Crippen molar-refractivity contribution in [1.82, 2.24) is 0 Å². The Morgan fingerprint density at radius 1 is 1.00 bits per heavy atom. The number of halogens is 1. The average Bonchev–Trinajstić information content (AvgIpc) is 3.13. The summed E-state index contributed by atoms with van der Waals surface area (Å²) in [5, 5.41) is 0.806. The van der Waals surface area contributed by atoms with Crippen molar-refractivity contribution in [2.75, 3.05) is 18.6 Å². The lowest BCUT2D eigenvalue weighted by Gasteiger charge is -2.26. The predicted octanol–water partition coefficient (Wildman–Crippen LogP) is 6.22. The zero-order chi connectivity index (χ0) is 24.9. The number of hydrogen-bond donors (Lipinski definition) is 0. The Hall–Kier alpha value is -3.77. The number of ether oxygens (including phenoxy) is 2. The second-order valence-corrected chi connectivity index (χ2v) is 8.91. The third-order valence-electron chi connectivity index (χ3n) is 6.41. The lowest BCUT2D eigenvalue weighted by Crippen LogP contribution is -2.29. The van der Waals surface area contributed by atoms with Crippen LogP contribution in [0, 0.1) is 13.8 Å². The SMILES string of the molecule is CCOc1ccc(C2c3c(oc4cc(C)c(C)cc4c3=O)C(=O)N2c2ccc(OC)c(Cl)c2)cc1. The molecule has 0 bridgehead atoms. The summed E-state index contributed by atoms with van der Waals surface area (Å²) in [5.74, 6) is 0.827. The molecule has 0 saturated carbocycles. The van der Waals surface area contributed by atoms with E-state index in [1.54, 1.807) is 29.2 Å². The maximum atomic E-state index is 13.8. The quantitative estimate of drug-likeness (QED) is 0.333. The zero-order valence-electron chi connectivity index (χ0n) is 19.8. The molecule has 1 aliphatic heterocycles. The highest BCUT2D eigenvalue weighted by atomic mass is 35.5. The van der Waals surface area contributed by atoms with Gasteiger partial charge in [0.1, 0.15) is 17.1 Å². The number of amides is 1. The molecule has 4 aromatic rings. The van der Waals surface area contributed by atoms with Crippen LogP contribution in [-0.4, -0.2) is 19.6 Å². The molecule has 0 saturated heterocycles. The molecule has 1 aliphatic rings. The van der Waals surface area contributed by atoms with Gasteiger partial charge in [0.25, 0.3) is 5.91 Å². The number of rotatable bonds is 5. The van der Waals surface area contributed by atoms with Crippen LogP contribution in [0.5, 0.6) is 11.5 Å². The third-order valence-corrected chi connectivity index (χ3v) is 6.70. The van der Waals surface area contributed by atoms with Gasteiger partial charge in [-0.15, -0.1) is 0 Å². The molecule has 1 amide bonds. The van der Waals surface area contributed by atoms with E-state index in [9.17, 15) is 9.59 Å². The highest BCUT2D eigenvalue weighted by molar-refractivity contribution is 6.32. The Kier molecular flexibility index (Phi) is 5.77. The number of anilines is 1. The fraction of sp³-hybridized carbons (Fsp3) is 0.214. The summed E-state index contributed by atoms with van der Waals surface area (Å²) in [7, 11) is 1.53. The summed E-state index contributed by atoms with van der Waals surface area (Å²) in [6.07, 6.45) is 0. The second-order valence-electron chi connectivity index (χ2n) is 8.51. The molecule has 0 radical (unpaired) electrons. The van der Waals surface area contributed by atoms with Crippen molar-refractivity contribution >= 4 is 34.2 Å². The Labute approximate surface area is 207 Å². The fourth-order valence-corrected chi connectivity index (χ4v) is 4.78. The number of methoxy groups -OCH3 is 1. The minimum absolute atomic E-state index is 0.0385. The highest BCUT2D eigenvalue weighted by Gasteiger charge is 2.43. The van der Waals surface area contributed by atoms with Crippen LogP contribution in [0.3, 0.4) is 0 Å². The summed E-state index contributed by atoms with van der Waals surface area (Å²) in [5.41, 5.74) is 3.72. The molecule has 0 fully saturated rings. The van der Waals surface area contributed by atoms with Crippen LogP contribution in [-0.2, 0) is 0 Å². The average molecular weight is 490 g/mol. The largest absolute Gasteiger partial charge is 0.495 e. The van der Waals surface area contributed by atoms with Gasteiger partial charge in [-0.2, -0.15) is 0 Å². The van der Waals surface area contributed by atoms with E-state index < -0.39 is 11.9 Å². The standard InChI is InChI=1S/C28H24ClNO5/c1-5-34-19-9-6-17(7-10-19)25-24-26(31)20-12-15(2)16(3)13-23(20)35-27(24)28(32)30(25)18-8-11-22(33-4)21(29)14-18/h6-14,25H,5H2,1-4H3. The van der Waals surface area contributed by atoms with Crippen molar-refractivity contribution in [3.63, 3.8) is 0 Å². The van der Waals surface area contributed by atoms with Crippen LogP contribution in [0.15, 0.2) is 63.8 Å². The Balaban J connectivity index is 1.76. The van der Waals surface area contributed by atoms with Gasteiger partial charge in [-0.05, 0) is 79.9 Å². The van der Waals surface area contributed by atoms with E-state index in [4.69, 9.17) is 25.5 Å². The molecule has 1 unspecified atom stereocenters. The van der Waals surface area contributed by atoms with Crippen LogP contribution in [0.2, 0.25) is 5.02 Å². The summed E-state index contributed by atoms with van der Waals surface area (Å²) in [6, 6.07) is 15.4. The molecule has 1 atom stereocenters. The number of nitrogens with zero attached hydrogens (tertiary/aromatic N) is 1. The van der Waals surface area contributed by atoms with Crippen molar-refractivity contribution in [2.24, 2.45) is 0 Å². The van der Waals surface area contributed by atoms with Gasteiger partial charge in [0, 0.05) is 5.69 Å². The summed E-state index contributed by atoms with van der Waals surface area (Å²) in [4.78, 5) is 29.1. The van der Waals surface area contributed by atoms with Crippen molar-refractivity contribution < 1.29 is 18.7 Å². The number of benzene rings is 3. The van der Waals surface area contributed by atoms with Gasteiger partial charge < -0.3 is 13.9 Å². The van der Waals surface area contributed by atoms with Crippen LogP contribution in [0.4, 0.5) is 5.69 Å². The van der Waals surface area contributed by atoms with Gasteiger partial charge in [-0.25, -0.2) is 0 Å². The van der Waals surface area contributed by atoms with E-state index in [-0.39, 0.29) is 11.2 Å². The van der Waals surface area contributed by atoms with Gasteiger partial charge >= 0.3 is 0 Å². The molecule has 178 valence electrons. The van der Waals surface area contributed by atoms with E-state index in [0.29, 0.717) is 45.3 Å². The third kappa shape index (κ3) is 3.74. The van der Waals surface area contributed by atoms with Gasteiger partial charge in [0.2, 0.25) is 5.76 Å². The Morgan fingerprint density at radius 3 is 2.37 bits per heavy atom. The molecule has 0 spiro atoms. The number of hydrogen-bond acceptors (Lipinski definition) is 5. The van der Waals surface area contributed by atoms with Crippen molar-refractivity contribution in [3.05, 3.63) is 97.9 Å². The first-order valence-electron chi connectivity index (χ1n) is 11.3. The van der Waals surface area contributed by atoms with Crippen molar-refractivity contribution in [1.29, 1.82) is 0 Å². The normalized spacial score (nSPS) is 14.9. The molecule has 0 N–H and O–H groups in total. The number of carbonyl (C=O) groups is 1. The van der Waals surface area contributed by atoms with E-state index in [1.807, 2.05) is 51.1 Å². The molecular weight excluding hydrogens is 466 g/mol. The monoisotopic (exact) mass is 489 g/mol. The van der Waals surface area contributed by atoms with Crippen LogP contribution < -0.4 is 19.8 Å². The second kappa shape index (κ2) is 8.78. The molecule has 5 rings (SSSR count). The van der Waals surface area contributed by atoms with Gasteiger partial charge in [-0.3, -0.25) is 14.5 Å². The lowest BCUT2D eigenvalue weighted by molar-refractivity contribution is 0.0971. The predicted molar refractivity (Wildman–Crippen MR) is 136 cm³/mol. The molecule has 7 heteroatoms. The molecule has 0 aliphatic carbocycles. The topological polar surface area (TPSA) is 69.0 Å². The number of carbonyl (C=O) groups excluding carboxylic acids is 1. The van der Waals surface area contributed by atoms with Crippen molar-refractivity contribution in [3.8, 4) is 11.5 Å². The van der Waals surface area contributed by atoms with Crippen molar-refractivity contribution in [2.45, 2.75) is 26.8 Å². The molecule has 35 heavy (non-hydrogen) atoms. The smallest absolute Gasteiger partial charge is 0.295 e. The lowest BCUT2D eigenvalue weighted by atomic mass is 9.97. The molecule has 1 aromatic heterocycles. The summed E-state index contributed by atoms with van der Waals surface area (Å²) < 4.78 is 17.0. The first-order valence-corrected chi connectivity index (χ1v) is 11.7. The summed E-state index contributed by atoms with van der Waals surface area (Å²) >= 11 is 6.40. The molecule has 3 aromatic carbocycles. The van der Waals surface area contributed by atoms with Gasteiger partial charge in [0.05, 0.1) is 35.7 Å². The molecular formula is C28H24ClNO5. The van der Waals surface area contributed by atoms with Gasteiger partial charge in [-0.1, -0.05) is 23.7 Å². The minimum atomic E-state index is -0.695. The van der Waals surface area contributed by atoms with E-state index in [0.717, 1.165) is 16.7 Å². The Bertz CT molecular complexity index is 1520. The van der Waals surface area contributed by atoms with Gasteiger partial charge in [0.15, 0.2) is 5.43 Å². The highest BCUT2D eigenvalue weighted by Crippen LogP contribution is 2.43.